The molecule has 0 aromatic carbocycles. The Kier molecular flexibility index (Phi) is 5.01. The summed E-state index contributed by atoms with van der Waals surface area (Å²) in [6.07, 6.45) is 6.56. The smallest absolute Gasteiger partial charge is 0.257 e. The Balaban J connectivity index is 1.58. The maximum Gasteiger partial charge on any atom is 0.257 e. The minimum absolute atomic E-state index is 0.0665. The highest BCUT2D eigenvalue weighted by molar-refractivity contribution is 6.00. The molecule has 0 radical (unpaired) electrons. The number of aryl methyl sites for hydroxylation is 2. The van der Waals surface area contributed by atoms with Gasteiger partial charge in [0.25, 0.3) is 5.91 Å². The number of aromatic nitrogens is 4. The fraction of sp³-hybridized carbons (Fsp3) is 0.632. The molecule has 2 aliphatic rings. The molecule has 2 aliphatic heterocycles. The van der Waals surface area contributed by atoms with Crippen molar-refractivity contribution in [3.05, 3.63) is 24.2 Å². The van der Waals surface area contributed by atoms with Crippen LogP contribution in [0, 0.1) is 0 Å². The maximum atomic E-state index is 13.4. The molecule has 0 unspecified atom stereocenters. The lowest BCUT2D eigenvalue weighted by Crippen LogP contribution is -2.49. The number of amides is 1. The summed E-state index contributed by atoms with van der Waals surface area (Å²) in [5, 5.41) is 8.87. The molecule has 146 valence electrons. The fourth-order valence-corrected chi connectivity index (χ4v) is 4.26. The third-order valence-electron chi connectivity index (χ3n) is 5.78. The first-order valence-corrected chi connectivity index (χ1v) is 9.77. The van der Waals surface area contributed by atoms with E-state index in [0.29, 0.717) is 11.6 Å². The Morgan fingerprint density at radius 2 is 2.04 bits per heavy atom. The Hall–Kier alpha value is -2.19. The molecule has 4 heterocycles. The summed E-state index contributed by atoms with van der Waals surface area (Å²) in [5.74, 6) is 0.0665. The number of nitrogens with zero attached hydrogens (tertiary/aromatic N) is 6. The number of rotatable bonds is 4. The quantitative estimate of drug-likeness (QED) is 0.808. The van der Waals surface area contributed by atoms with Gasteiger partial charge in [-0.1, -0.05) is 0 Å². The number of hydrogen-bond acceptors (Lipinski definition) is 5. The third-order valence-corrected chi connectivity index (χ3v) is 5.78. The van der Waals surface area contributed by atoms with Crippen LogP contribution in [0.3, 0.4) is 0 Å². The standard InChI is InChI=1S/C19H28N6O2/c1-4-24-13-16(18(21-24)15-11-20-22(3)12-15)19(26)25-6-5-17(14(25)2)23-7-9-27-10-8-23/h11-14,17H,4-10H2,1-3H3/t14-,17-/m1/s1. The topological polar surface area (TPSA) is 68.4 Å². The van der Waals surface area contributed by atoms with Gasteiger partial charge in [0.15, 0.2) is 0 Å². The Labute approximate surface area is 159 Å². The second-order valence-electron chi connectivity index (χ2n) is 7.39. The monoisotopic (exact) mass is 372 g/mol. The van der Waals surface area contributed by atoms with Gasteiger partial charge in [-0.15, -0.1) is 0 Å². The highest BCUT2D eigenvalue weighted by atomic mass is 16.5. The molecule has 0 bridgehead atoms. The Morgan fingerprint density at radius 3 is 2.70 bits per heavy atom. The van der Waals surface area contributed by atoms with Crippen LogP contribution in [-0.4, -0.2) is 80.2 Å². The van der Waals surface area contributed by atoms with Gasteiger partial charge >= 0.3 is 0 Å². The summed E-state index contributed by atoms with van der Waals surface area (Å²) < 4.78 is 9.05. The zero-order chi connectivity index (χ0) is 19.0. The first kappa shape index (κ1) is 18.2. The molecule has 2 atom stereocenters. The van der Waals surface area contributed by atoms with Gasteiger partial charge in [0.05, 0.1) is 25.0 Å². The normalized spacial score (nSPS) is 23.9. The van der Waals surface area contributed by atoms with Crippen molar-refractivity contribution < 1.29 is 9.53 Å². The minimum Gasteiger partial charge on any atom is -0.379 e. The number of ether oxygens (including phenoxy) is 1. The lowest BCUT2D eigenvalue weighted by molar-refractivity contribution is 0.0104. The largest absolute Gasteiger partial charge is 0.379 e. The van der Waals surface area contributed by atoms with Crippen LogP contribution in [0.4, 0.5) is 0 Å². The molecule has 4 rings (SSSR count). The number of likely N-dealkylation sites (tertiary alicyclic amines) is 1. The van der Waals surface area contributed by atoms with Crippen molar-refractivity contribution in [1.29, 1.82) is 0 Å². The van der Waals surface area contributed by atoms with E-state index in [9.17, 15) is 4.79 Å². The third kappa shape index (κ3) is 3.39. The first-order valence-electron chi connectivity index (χ1n) is 9.77. The van der Waals surface area contributed by atoms with E-state index in [1.54, 1.807) is 10.9 Å². The molecule has 2 aromatic rings. The van der Waals surface area contributed by atoms with Gasteiger partial charge < -0.3 is 9.64 Å². The molecule has 8 nitrogen and oxygen atoms in total. The second-order valence-corrected chi connectivity index (χ2v) is 7.39. The number of hydrogen-bond donors (Lipinski definition) is 0. The van der Waals surface area contributed by atoms with E-state index in [1.807, 2.05) is 35.9 Å². The van der Waals surface area contributed by atoms with E-state index in [4.69, 9.17) is 4.74 Å². The SMILES string of the molecule is CCn1cc(C(=O)N2CC[C@@H](N3CCOCC3)[C@H]2C)c(-c2cnn(C)c2)n1. The molecule has 0 saturated carbocycles. The number of morpholine rings is 1. The molecular weight excluding hydrogens is 344 g/mol. The van der Waals surface area contributed by atoms with Gasteiger partial charge in [0.2, 0.25) is 0 Å². The molecule has 0 spiro atoms. The van der Waals surface area contributed by atoms with Crippen LogP contribution in [0.2, 0.25) is 0 Å². The van der Waals surface area contributed by atoms with Crippen molar-refractivity contribution in [3.63, 3.8) is 0 Å². The Bertz CT molecular complexity index is 807. The van der Waals surface area contributed by atoms with Gasteiger partial charge in [0.1, 0.15) is 5.69 Å². The van der Waals surface area contributed by atoms with Crippen molar-refractivity contribution >= 4 is 5.91 Å². The van der Waals surface area contributed by atoms with Crippen LogP contribution in [-0.2, 0) is 18.3 Å². The highest BCUT2D eigenvalue weighted by Gasteiger charge is 2.39. The van der Waals surface area contributed by atoms with Crippen LogP contribution >= 0.6 is 0 Å². The van der Waals surface area contributed by atoms with E-state index < -0.39 is 0 Å². The fourth-order valence-electron chi connectivity index (χ4n) is 4.26. The number of carbonyl (C=O) groups is 1. The predicted octanol–water partition coefficient (Wildman–Crippen LogP) is 1.24. The molecule has 8 heteroatoms. The minimum atomic E-state index is 0.0665. The molecule has 1 amide bonds. The van der Waals surface area contributed by atoms with Crippen molar-refractivity contribution in [1.82, 2.24) is 29.4 Å². The predicted molar refractivity (Wildman–Crippen MR) is 101 cm³/mol. The molecule has 0 N–H and O–H groups in total. The van der Waals surface area contributed by atoms with Crippen LogP contribution in [0.15, 0.2) is 18.6 Å². The zero-order valence-corrected chi connectivity index (χ0v) is 16.3. The lowest BCUT2D eigenvalue weighted by Gasteiger charge is -2.35. The summed E-state index contributed by atoms with van der Waals surface area (Å²) >= 11 is 0. The van der Waals surface area contributed by atoms with Gasteiger partial charge in [-0.3, -0.25) is 19.1 Å². The van der Waals surface area contributed by atoms with Gasteiger partial charge in [-0.2, -0.15) is 10.2 Å². The molecule has 27 heavy (non-hydrogen) atoms. The van der Waals surface area contributed by atoms with Gasteiger partial charge in [0, 0.05) is 63.3 Å². The summed E-state index contributed by atoms with van der Waals surface area (Å²) in [4.78, 5) is 17.9. The van der Waals surface area contributed by atoms with Crippen molar-refractivity contribution in [2.45, 2.75) is 38.9 Å². The summed E-state index contributed by atoms with van der Waals surface area (Å²) in [6, 6.07) is 0.586. The molecule has 2 aromatic heterocycles. The molecule has 2 saturated heterocycles. The van der Waals surface area contributed by atoms with E-state index in [1.165, 1.54) is 0 Å². The van der Waals surface area contributed by atoms with Crippen LogP contribution in [0.5, 0.6) is 0 Å². The van der Waals surface area contributed by atoms with E-state index >= 15 is 0 Å². The molecule has 2 fully saturated rings. The maximum absolute atomic E-state index is 13.4. The molecule has 0 aliphatic carbocycles. The van der Waals surface area contributed by atoms with Crippen LogP contribution in [0.25, 0.3) is 11.3 Å². The zero-order valence-electron chi connectivity index (χ0n) is 16.3. The second kappa shape index (κ2) is 7.44. The Morgan fingerprint density at radius 1 is 1.26 bits per heavy atom. The summed E-state index contributed by atoms with van der Waals surface area (Å²) in [6.45, 7) is 9.17. The van der Waals surface area contributed by atoms with Crippen molar-refractivity contribution in [2.75, 3.05) is 32.8 Å². The van der Waals surface area contributed by atoms with Crippen molar-refractivity contribution in [3.8, 4) is 11.3 Å². The molecular formula is C19H28N6O2. The van der Waals surface area contributed by atoms with E-state index in [2.05, 4.69) is 22.0 Å². The summed E-state index contributed by atoms with van der Waals surface area (Å²) in [7, 11) is 1.87. The van der Waals surface area contributed by atoms with E-state index in [0.717, 1.165) is 57.1 Å². The van der Waals surface area contributed by atoms with Crippen molar-refractivity contribution in [2.24, 2.45) is 7.05 Å². The van der Waals surface area contributed by atoms with E-state index in [-0.39, 0.29) is 11.9 Å². The number of carbonyl (C=O) groups excluding carboxylic acids is 1. The van der Waals surface area contributed by atoms with Gasteiger partial charge in [-0.05, 0) is 20.3 Å². The summed E-state index contributed by atoms with van der Waals surface area (Å²) in [5.41, 5.74) is 2.26. The lowest BCUT2D eigenvalue weighted by atomic mass is 10.1. The van der Waals surface area contributed by atoms with Crippen LogP contribution in [0.1, 0.15) is 30.6 Å². The highest BCUT2D eigenvalue weighted by Crippen LogP contribution is 2.29. The first-order chi connectivity index (χ1) is 13.1. The average molecular weight is 372 g/mol. The van der Waals surface area contributed by atoms with Gasteiger partial charge in [-0.25, -0.2) is 0 Å². The van der Waals surface area contributed by atoms with Crippen LogP contribution < -0.4 is 0 Å². The average Bonchev–Trinajstić information content (AvgIpc) is 3.39.